The molecule has 2 nitrogen and oxygen atoms in total. The Labute approximate surface area is 117 Å². The van der Waals surface area contributed by atoms with E-state index in [9.17, 15) is 9.59 Å². The van der Waals surface area contributed by atoms with Crippen LogP contribution < -0.4 is 0 Å². The maximum absolute atomic E-state index is 12.6. The van der Waals surface area contributed by atoms with Crippen molar-refractivity contribution in [2.75, 3.05) is 0 Å². The summed E-state index contributed by atoms with van der Waals surface area (Å²) in [7, 11) is 0. The molecule has 0 spiro atoms. The predicted molar refractivity (Wildman–Crippen MR) is 76.2 cm³/mol. The molecule has 98 valence electrons. The van der Waals surface area contributed by atoms with Gasteiger partial charge in [0.2, 0.25) is 0 Å². The van der Waals surface area contributed by atoms with Gasteiger partial charge in [-0.3, -0.25) is 9.59 Å². The molecule has 0 saturated heterocycles. The van der Waals surface area contributed by atoms with E-state index in [4.69, 9.17) is 0 Å². The average molecular weight is 262 g/mol. The van der Waals surface area contributed by atoms with Gasteiger partial charge in [0.05, 0.1) is 0 Å². The van der Waals surface area contributed by atoms with Gasteiger partial charge in [-0.05, 0) is 35.1 Å². The van der Waals surface area contributed by atoms with Gasteiger partial charge in [-0.25, -0.2) is 0 Å². The van der Waals surface area contributed by atoms with E-state index in [0.717, 1.165) is 40.7 Å². The van der Waals surface area contributed by atoms with E-state index in [1.165, 1.54) is 5.56 Å². The third kappa shape index (κ3) is 1.58. The lowest BCUT2D eigenvalue weighted by Crippen LogP contribution is -2.22. The summed E-state index contributed by atoms with van der Waals surface area (Å²) in [6, 6.07) is 11.8. The smallest absolute Gasteiger partial charge is 0.193 e. The first-order valence-electron chi connectivity index (χ1n) is 7.02. The Bertz CT molecular complexity index is 756. The summed E-state index contributed by atoms with van der Waals surface area (Å²) in [5.41, 5.74) is 6.12. The summed E-state index contributed by atoms with van der Waals surface area (Å²) in [6.07, 6.45) is 2.72. The fourth-order valence-electron chi connectivity index (χ4n) is 3.40. The van der Waals surface area contributed by atoms with E-state index in [1.54, 1.807) is 0 Å². The number of hydrogen-bond donors (Lipinski definition) is 0. The molecule has 0 radical (unpaired) electrons. The maximum atomic E-state index is 12.6. The Hall–Kier alpha value is -2.22. The number of carbonyl (C=O) groups excluding carboxylic acids is 2. The van der Waals surface area contributed by atoms with Crippen LogP contribution in [0.15, 0.2) is 36.4 Å². The Morgan fingerprint density at radius 2 is 1.55 bits per heavy atom. The molecule has 2 aliphatic carbocycles. The lowest BCUT2D eigenvalue weighted by Gasteiger charge is -2.25. The third-order valence-corrected chi connectivity index (χ3v) is 4.45. The lowest BCUT2D eigenvalue weighted by atomic mass is 9.78. The van der Waals surface area contributed by atoms with E-state index >= 15 is 0 Å². The minimum Gasteiger partial charge on any atom is -0.299 e. The topological polar surface area (TPSA) is 34.1 Å². The monoisotopic (exact) mass is 262 g/mol. The second-order valence-electron chi connectivity index (χ2n) is 5.61. The van der Waals surface area contributed by atoms with Crippen LogP contribution in [0, 0.1) is 0 Å². The van der Waals surface area contributed by atoms with Gasteiger partial charge in [0, 0.05) is 24.0 Å². The minimum absolute atomic E-state index is 0.0997. The molecule has 0 heterocycles. The number of Topliss-reactive ketones (excluding diaryl/α,β-unsaturated/α-hetero) is 1. The summed E-state index contributed by atoms with van der Waals surface area (Å²) in [5, 5.41) is 0. The summed E-state index contributed by atoms with van der Waals surface area (Å²) < 4.78 is 0. The molecule has 0 saturated carbocycles. The molecular formula is C18H14O2. The van der Waals surface area contributed by atoms with Crippen LogP contribution in [0.1, 0.15) is 44.6 Å². The summed E-state index contributed by atoms with van der Waals surface area (Å²) in [6.45, 7) is 0. The molecule has 4 rings (SSSR count). The SMILES string of the molecule is O=C1CCc2ccc3c(c2C1)Cc1ccccc1C3=O. The lowest BCUT2D eigenvalue weighted by molar-refractivity contribution is -0.118. The first-order chi connectivity index (χ1) is 9.74. The number of rotatable bonds is 0. The summed E-state index contributed by atoms with van der Waals surface area (Å²) in [5.74, 6) is 0.389. The highest BCUT2D eigenvalue weighted by Crippen LogP contribution is 2.33. The highest BCUT2D eigenvalue weighted by Gasteiger charge is 2.28. The van der Waals surface area contributed by atoms with Crippen LogP contribution in [0.3, 0.4) is 0 Å². The van der Waals surface area contributed by atoms with E-state index in [1.807, 2.05) is 36.4 Å². The van der Waals surface area contributed by atoms with Gasteiger partial charge in [0.15, 0.2) is 5.78 Å². The van der Waals surface area contributed by atoms with Crippen LogP contribution >= 0.6 is 0 Å². The first-order valence-corrected chi connectivity index (χ1v) is 7.02. The van der Waals surface area contributed by atoms with Crippen molar-refractivity contribution in [2.45, 2.75) is 25.7 Å². The molecule has 2 aliphatic rings. The van der Waals surface area contributed by atoms with E-state index in [0.29, 0.717) is 12.8 Å². The molecule has 0 unspecified atom stereocenters. The largest absolute Gasteiger partial charge is 0.299 e. The van der Waals surface area contributed by atoms with Gasteiger partial charge in [0.1, 0.15) is 5.78 Å². The number of benzene rings is 2. The number of aryl methyl sites for hydroxylation is 1. The van der Waals surface area contributed by atoms with Crippen LogP contribution in [0.2, 0.25) is 0 Å². The quantitative estimate of drug-likeness (QED) is 0.624. The minimum atomic E-state index is 0.0997. The van der Waals surface area contributed by atoms with Crippen molar-refractivity contribution in [1.82, 2.24) is 0 Å². The van der Waals surface area contributed by atoms with Gasteiger partial charge in [-0.1, -0.05) is 36.4 Å². The zero-order valence-electron chi connectivity index (χ0n) is 11.1. The van der Waals surface area contributed by atoms with Crippen molar-refractivity contribution >= 4 is 11.6 Å². The van der Waals surface area contributed by atoms with Gasteiger partial charge in [0.25, 0.3) is 0 Å². The fourth-order valence-corrected chi connectivity index (χ4v) is 3.40. The van der Waals surface area contributed by atoms with Gasteiger partial charge in [-0.2, -0.15) is 0 Å². The highest BCUT2D eigenvalue weighted by molar-refractivity contribution is 6.12. The second-order valence-corrected chi connectivity index (χ2v) is 5.61. The second kappa shape index (κ2) is 4.14. The maximum Gasteiger partial charge on any atom is 0.193 e. The third-order valence-electron chi connectivity index (χ3n) is 4.45. The Morgan fingerprint density at radius 1 is 0.700 bits per heavy atom. The number of hydrogen-bond acceptors (Lipinski definition) is 2. The first kappa shape index (κ1) is 11.6. The highest BCUT2D eigenvalue weighted by atomic mass is 16.1. The molecule has 0 aliphatic heterocycles. The Balaban J connectivity index is 1.93. The van der Waals surface area contributed by atoms with Crippen LogP contribution in [0.5, 0.6) is 0 Å². The molecule has 20 heavy (non-hydrogen) atoms. The van der Waals surface area contributed by atoms with Gasteiger partial charge in [-0.15, -0.1) is 0 Å². The van der Waals surface area contributed by atoms with Crippen molar-refractivity contribution in [3.8, 4) is 0 Å². The van der Waals surface area contributed by atoms with Crippen molar-refractivity contribution < 1.29 is 9.59 Å². The van der Waals surface area contributed by atoms with Crippen LogP contribution in [0.25, 0.3) is 0 Å². The molecule has 0 aromatic heterocycles. The van der Waals surface area contributed by atoms with Crippen molar-refractivity contribution in [2.24, 2.45) is 0 Å². The normalized spacial score (nSPS) is 16.4. The Kier molecular flexibility index (Phi) is 2.40. The molecule has 2 aromatic rings. The van der Waals surface area contributed by atoms with Crippen molar-refractivity contribution in [3.05, 3.63) is 69.8 Å². The molecule has 0 amide bonds. The number of carbonyl (C=O) groups is 2. The zero-order valence-corrected chi connectivity index (χ0v) is 11.1. The van der Waals surface area contributed by atoms with Gasteiger partial charge < -0.3 is 0 Å². The number of fused-ring (bicyclic) bond motifs is 4. The van der Waals surface area contributed by atoms with Crippen molar-refractivity contribution in [3.63, 3.8) is 0 Å². The zero-order chi connectivity index (χ0) is 13.7. The molecule has 0 N–H and O–H groups in total. The Morgan fingerprint density at radius 3 is 2.45 bits per heavy atom. The standard InChI is InChI=1S/C18H14O2/c19-13-7-5-11-6-8-15-17(16(11)10-13)9-12-3-1-2-4-14(12)18(15)20/h1-4,6,8H,5,7,9-10H2. The molecule has 0 fully saturated rings. The fraction of sp³-hybridized carbons (Fsp3) is 0.222. The van der Waals surface area contributed by atoms with E-state index < -0.39 is 0 Å². The van der Waals surface area contributed by atoms with E-state index in [2.05, 4.69) is 0 Å². The molecule has 2 heteroatoms. The molecular weight excluding hydrogens is 248 g/mol. The average Bonchev–Trinajstić information content (AvgIpc) is 2.47. The molecule has 0 bridgehead atoms. The van der Waals surface area contributed by atoms with Crippen molar-refractivity contribution in [1.29, 1.82) is 0 Å². The van der Waals surface area contributed by atoms with Crippen LogP contribution in [0.4, 0.5) is 0 Å². The molecule has 0 atom stereocenters. The van der Waals surface area contributed by atoms with Crippen LogP contribution in [-0.2, 0) is 24.1 Å². The van der Waals surface area contributed by atoms with Crippen LogP contribution in [-0.4, -0.2) is 11.6 Å². The summed E-state index contributed by atoms with van der Waals surface area (Å²) >= 11 is 0. The van der Waals surface area contributed by atoms with E-state index in [-0.39, 0.29) is 11.6 Å². The predicted octanol–water partition coefficient (Wildman–Crippen LogP) is 2.88. The number of ketones is 2. The van der Waals surface area contributed by atoms with Gasteiger partial charge >= 0.3 is 0 Å². The summed E-state index contributed by atoms with van der Waals surface area (Å²) in [4.78, 5) is 24.3. The molecule has 2 aromatic carbocycles.